The van der Waals surface area contributed by atoms with Gasteiger partial charge in [0.25, 0.3) is 6.01 Å². The molecule has 3 fully saturated rings. The number of nitrogens with zero attached hydrogens (tertiary/aromatic N) is 3. The van der Waals surface area contributed by atoms with E-state index in [2.05, 4.69) is 20.9 Å². The molecule has 0 saturated carbocycles. The first-order chi connectivity index (χ1) is 13.8. The predicted octanol–water partition coefficient (Wildman–Crippen LogP) is 4.38. The van der Waals surface area contributed by atoms with Gasteiger partial charge < -0.3 is 19.2 Å². The van der Waals surface area contributed by atoms with Crippen molar-refractivity contribution < 1.29 is 32.2 Å². The highest BCUT2D eigenvalue weighted by atomic mass is 79.9. The minimum Gasteiger partial charge on any atom is -0.444 e. The summed E-state index contributed by atoms with van der Waals surface area (Å²) < 4.78 is 50.1. The number of hydrogen-bond acceptors (Lipinski definition) is 6. The van der Waals surface area contributed by atoms with Crippen LogP contribution in [-0.2, 0) is 4.74 Å². The largest absolute Gasteiger partial charge is 0.444 e. The van der Waals surface area contributed by atoms with Gasteiger partial charge in [-0.1, -0.05) is 0 Å². The number of aromatic nitrogens is 1. The number of aliphatic hydroxyl groups is 1. The molecule has 164 valence electrons. The van der Waals surface area contributed by atoms with Crippen LogP contribution in [-0.4, -0.2) is 58.0 Å². The van der Waals surface area contributed by atoms with E-state index in [9.17, 15) is 23.1 Å². The van der Waals surface area contributed by atoms with E-state index in [0.717, 1.165) is 6.42 Å². The second kappa shape index (κ2) is 7.01. The zero-order chi connectivity index (χ0) is 22.0. The zero-order valence-corrected chi connectivity index (χ0v) is 18.1. The highest BCUT2D eigenvalue weighted by Crippen LogP contribution is 2.39. The number of amides is 1. The van der Waals surface area contributed by atoms with Crippen LogP contribution in [0.4, 0.5) is 24.0 Å². The van der Waals surface area contributed by atoms with Gasteiger partial charge in [-0.25, -0.2) is 4.79 Å². The molecule has 5 rings (SSSR count). The van der Waals surface area contributed by atoms with Gasteiger partial charge in [-0.3, -0.25) is 4.90 Å². The Morgan fingerprint density at radius 1 is 1.30 bits per heavy atom. The number of benzene rings is 1. The third-order valence-corrected chi connectivity index (χ3v) is 5.74. The SMILES string of the molecule is CC(C)(C)OC(=O)N1C2CC1CN(c1nc3cc(C(O)C(F)(F)F)cc(Br)c3o1)C2. The van der Waals surface area contributed by atoms with Crippen LogP contribution in [0.1, 0.15) is 38.9 Å². The molecule has 7 nitrogen and oxygen atoms in total. The van der Waals surface area contributed by atoms with E-state index >= 15 is 0 Å². The van der Waals surface area contributed by atoms with E-state index in [1.807, 2.05) is 25.7 Å². The quantitative estimate of drug-likeness (QED) is 0.671. The molecular weight excluding hydrogens is 471 g/mol. The molecule has 1 amide bonds. The molecule has 2 aromatic rings. The zero-order valence-electron chi connectivity index (χ0n) is 16.5. The summed E-state index contributed by atoms with van der Waals surface area (Å²) in [7, 11) is 0. The van der Waals surface area contributed by atoms with Crippen LogP contribution in [0.3, 0.4) is 0 Å². The van der Waals surface area contributed by atoms with E-state index in [0.29, 0.717) is 18.7 Å². The standard InChI is InChI=1S/C19H21BrF3N3O4/c1-18(2,3)30-17(28)26-10-6-11(26)8-25(7-10)16-24-13-5-9(15(27)19(21,22)23)4-12(20)14(13)29-16/h4-5,10-11,15,27H,6-8H2,1-3H3. The molecule has 0 spiro atoms. The van der Waals surface area contributed by atoms with Crippen LogP contribution in [0.15, 0.2) is 21.0 Å². The maximum absolute atomic E-state index is 12.9. The second-order valence-corrected chi connectivity index (χ2v) is 9.48. The van der Waals surface area contributed by atoms with Crippen molar-refractivity contribution in [3.8, 4) is 0 Å². The number of carbonyl (C=O) groups is 1. The lowest BCUT2D eigenvalue weighted by Gasteiger charge is -2.55. The average Bonchev–Trinajstić information content (AvgIpc) is 3.03. The van der Waals surface area contributed by atoms with Gasteiger partial charge in [0.2, 0.25) is 0 Å². The van der Waals surface area contributed by atoms with Crippen LogP contribution < -0.4 is 4.90 Å². The highest BCUT2D eigenvalue weighted by molar-refractivity contribution is 9.10. The lowest BCUT2D eigenvalue weighted by Crippen LogP contribution is -2.70. The van der Waals surface area contributed by atoms with Crippen molar-refractivity contribution in [1.29, 1.82) is 0 Å². The average molecular weight is 492 g/mol. The van der Waals surface area contributed by atoms with Gasteiger partial charge in [0.05, 0.1) is 16.6 Å². The Balaban J connectivity index is 1.53. The highest BCUT2D eigenvalue weighted by Gasteiger charge is 2.49. The number of carbonyl (C=O) groups excluding carboxylic acids is 1. The summed E-state index contributed by atoms with van der Waals surface area (Å²) in [6.45, 7) is 6.41. The summed E-state index contributed by atoms with van der Waals surface area (Å²) in [5, 5.41) is 9.53. The summed E-state index contributed by atoms with van der Waals surface area (Å²) in [6.07, 6.45) is -6.89. The number of rotatable bonds is 2. The number of oxazole rings is 1. The first-order valence-corrected chi connectivity index (χ1v) is 10.2. The summed E-state index contributed by atoms with van der Waals surface area (Å²) in [5.41, 5.74) is -0.391. The predicted molar refractivity (Wildman–Crippen MR) is 105 cm³/mol. The first kappa shape index (κ1) is 21.2. The van der Waals surface area contributed by atoms with E-state index < -0.39 is 17.9 Å². The van der Waals surface area contributed by atoms with Crippen molar-refractivity contribution in [1.82, 2.24) is 9.88 Å². The van der Waals surface area contributed by atoms with E-state index in [4.69, 9.17) is 9.15 Å². The van der Waals surface area contributed by atoms with E-state index in [1.54, 1.807) is 4.90 Å². The van der Waals surface area contributed by atoms with Crippen molar-refractivity contribution in [3.63, 3.8) is 0 Å². The third kappa shape index (κ3) is 3.84. The van der Waals surface area contributed by atoms with Crippen LogP contribution in [0.25, 0.3) is 11.1 Å². The molecule has 4 heterocycles. The fourth-order valence-electron chi connectivity index (χ4n) is 3.86. The van der Waals surface area contributed by atoms with Gasteiger partial charge in [0, 0.05) is 13.1 Å². The monoisotopic (exact) mass is 491 g/mol. The van der Waals surface area contributed by atoms with Crippen LogP contribution in [0.5, 0.6) is 0 Å². The number of piperazine rings is 1. The lowest BCUT2D eigenvalue weighted by molar-refractivity contribution is -0.206. The Morgan fingerprint density at radius 2 is 1.93 bits per heavy atom. The van der Waals surface area contributed by atoms with Crippen molar-refractivity contribution in [3.05, 3.63) is 22.2 Å². The molecule has 3 unspecified atom stereocenters. The smallest absolute Gasteiger partial charge is 0.418 e. The third-order valence-electron chi connectivity index (χ3n) is 5.15. The Labute approximate surface area is 178 Å². The van der Waals surface area contributed by atoms with E-state index in [1.165, 1.54) is 12.1 Å². The summed E-state index contributed by atoms with van der Waals surface area (Å²) in [4.78, 5) is 20.3. The normalized spacial score (nSPS) is 22.8. The molecule has 1 aromatic carbocycles. The Bertz CT molecular complexity index is 976. The molecule has 1 N–H and O–H groups in total. The minimum absolute atomic E-state index is 0.0420. The number of anilines is 1. The first-order valence-electron chi connectivity index (χ1n) is 9.44. The second-order valence-electron chi connectivity index (χ2n) is 8.63. The number of halogens is 4. The Hall–Kier alpha value is -2.01. The minimum atomic E-state index is -4.78. The number of fused-ring (bicyclic) bond motifs is 3. The maximum Gasteiger partial charge on any atom is 0.418 e. The number of piperidine rings is 1. The van der Waals surface area contributed by atoms with Crippen LogP contribution in [0, 0.1) is 0 Å². The Kier molecular flexibility index (Phi) is 4.96. The molecule has 2 bridgehead atoms. The van der Waals surface area contributed by atoms with Crippen LogP contribution >= 0.6 is 15.9 Å². The maximum atomic E-state index is 12.9. The molecule has 3 saturated heterocycles. The number of ether oxygens (including phenoxy) is 1. The summed E-state index contributed by atoms with van der Waals surface area (Å²) in [5.74, 6) is 0. The Morgan fingerprint density at radius 3 is 2.50 bits per heavy atom. The summed E-state index contributed by atoms with van der Waals surface area (Å²) in [6, 6.07) is 2.53. The van der Waals surface area contributed by atoms with Gasteiger partial charge in [0.15, 0.2) is 11.7 Å². The van der Waals surface area contributed by atoms with Gasteiger partial charge in [-0.05, 0) is 60.8 Å². The van der Waals surface area contributed by atoms with Crippen molar-refractivity contribution >= 4 is 39.1 Å². The fraction of sp³-hybridized carbons (Fsp3) is 0.579. The molecule has 0 aliphatic carbocycles. The van der Waals surface area contributed by atoms with E-state index in [-0.39, 0.29) is 39.7 Å². The van der Waals surface area contributed by atoms with Crippen molar-refractivity contribution in [2.24, 2.45) is 0 Å². The molecule has 0 radical (unpaired) electrons. The topological polar surface area (TPSA) is 79.0 Å². The van der Waals surface area contributed by atoms with Crippen molar-refractivity contribution in [2.45, 2.75) is 57.2 Å². The van der Waals surface area contributed by atoms with Gasteiger partial charge >= 0.3 is 12.3 Å². The lowest BCUT2D eigenvalue weighted by atomic mass is 9.88. The molecular formula is C19H21BrF3N3O4. The fourth-order valence-corrected chi connectivity index (χ4v) is 4.41. The van der Waals surface area contributed by atoms with Gasteiger partial charge in [-0.2, -0.15) is 18.2 Å². The van der Waals surface area contributed by atoms with Gasteiger partial charge in [-0.15, -0.1) is 0 Å². The molecule has 1 aromatic heterocycles. The molecule has 3 aliphatic rings. The van der Waals surface area contributed by atoms with Crippen molar-refractivity contribution in [2.75, 3.05) is 18.0 Å². The summed E-state index contributed by atoms with van der Waals surface area (Å²) >= 11 is 3.20. The number of alkyl halides is 3. The number of aliphatic hydroxyl groups excluding tert-OH is 1. The molecule has 11 heteroatoms. The molecule has 30 heavy (non-hydrogen) atoms. The number of hydrogen-bond donors (Lipinski definition) is 1. The van der Waals surface area contributed by atoms with Gasteiger partial charge in [0.1, 0.15) is 11.1 Å². The van der Waals surface area contributed by atoms with Crippen LogP contribution in [0.2, 0.25) is 0 Å². The molecule has 3 aliphatic heterocycles. The molecule has 3 atom stereocenters.